The molecule has 1 amide bonds. The first-order valence-corrected chi connectivity index (χ1v) is 10.3. The standard InChI is InChI=1S/C22H21ClF3NO5/c1-21(20(31)32)7-6-15(16(10-21)19(29)30)18(28)27-8-2-3-12(11-27)14-5-4-13(23)9-17(14)22(24,25)26/h4-7,9,12H,2-3,8,10-11H2,1H3,(H,29,30)(H,31,32). The lowest BCUT2D eigenvalue weighted by molar-refractivity contribution is -0.145. The van der Waals surface area contributed by atoms with E-state index in [1.54, 1.807) is 0 Å². The zero-order valence-electron chi connectivity index (χ0n) is 17.1. The van der Waals surface area contributed by atoms with Gasteiger partial charge in [0.25, 0.3) is 5.91 Å². The topological polar surface area (TPSA) is 94.9 Å². The molecule has 3 rings (SSSR count). The SMILES string of the molecule is CC1(C(=O)O)C=CC(C(=O)N2CCCC(c3ccc(Cl)cc3C(F)(F)F)C2)=C(C(=O)O)C1. The van der Waals surface area contributed by atoms with Crippen molar-refractivity contribution in [3.63, 3.8) is 0 Å². The first-order chi connectivity index (χ1) is 14.8. The number of carboxylic acids is 2. The highest BCUT2D eigenvalue weighted by Crippen LogP contribution is 2.40. The van der Waals surface area contributed by atoms with Gasteiger partial charge in [0.15, 0.2) is 0 Å². The molecule has 0 radical (unpaired) electrons. The smallest absolute Gasteiger partial charge is 0.416 e. The minimum Gasteiger partial charge on any atom is -0.481 e. The highest BCUT2D eigenvalue weighted by Gasteiger charge is 2.40. The lowest BCUT2D eigenvalue weighted by Gasteiger charge is -2.35. The Labute approximate surface area is 187 Å². The summed E-state index contributed by atoms with van der Waals surface area (Å²) in [6.45, 7) is 1.58. The van der Waals surface area contributed by atoms with E-state index in [1.807, 2.05) is 0 Å². The molecule has 10 heteroatoms. The second-order valence-electron chi connectivity index (χ2n) is 8.25. The zero-order valence-corrected chi connectivity index (χ0v) is 17.8. The molecule has 2 unspecified atom stereocenters. The second kappa shape index (κ2) is 8.61. The lowest BCUT2D eigenvalue weighted by atomic mass is 9.77. The predicted molar refractivity (Wildman–Crippen MR) is 109 cm³/mol. The number of carbonyl (C=O) groups excluding carboxylic acids is 1. The van der Waals surface area contributed by atoms with Gasteiger partial charge in [-0.15, -0.1) is 0 Å². The van der Waals surface area contributed by atoms with E-state index in [1.165, 1.54) is 36.1 Å². The van der Waals surface area contributed by atoms with Crippen molar-refractivity contribution in [2.24, 2.45) is 5.41 Å². The number of rotatable bonds is 4. The third kappa shape index (κ3) is 4.67. The summed E-state index contributed by atoms with van der Waals surface area (Å²) in [4.78, 5) is 37.7. The monoisotopic (exact) mass is 471 g/mol. The lowest BCUT2D eigenvalue weighted by Crippen LogP contribution is -2.41. The van der Waals surface area contributed by atoms with Gasteiger partial charge in [-0.2, -0.15) is 13.2 Å². The van der Waals surface area contributed by atoms with Crippen LogP contribution >= 0.6 is 11.6 Å². The van der Waals surface area contributed by atoms with E-state index in [-0.39, 0.29) is 41.2 Å². The number of piperidine rings is 1. The van der Waals surface area contributed by atoms with Crippen molar-refractivity contribution in [1.29, 1.82) is 0 Å². The van der Waals surface area contributed by atoms with Crippen molar-refractivity contribution in [2.45, 2.75) is 38.3 Å². The number of benzene rings is 1. The van der Waals surface area contributed by atoms with Gasteiger partial charge in [0.2, 0.25) is 0 Å². The van der Waals surface area contributed by atoms with Gasteiger partial charge in [-0.05, 0) is 43.9 Å². The molecule has 2 aliphatic rings. The molecule has 2 atom stereocenters. The fourth-order valence-corrected chi connectivity index (χ4v) is 4.32. The van der Waals surface area contributed by atoms with E-state index >= 15 is 0 Å². The Bertz CT molecular complexity index is 1030. The van der Waals surface area contributed by atoms with Crippen LogP contribution in [-0.4, -0.2) is 46.0 Å². The molecule has 1 aliphatic carbocycles. The summed E-state index contributed by atoms with van der Waals surface area (Å²) in [7, 11) is 0. The normalized spacial score (nSPS) is 23.9. The van der Waals surface area contributed by atoms with Crippen LogP contribution in [0.15, 0.2) is 41.5 Å². The number of amides is 1. The largest absolute Gasteiger partial charge is 0.481 e. The van der Waals surface area contributed by atoms with Gasteiger partial charge in [-0.25, -0.2) is 4.79 Å². The number of alkyl halides is 3. The molecule has 0 bridgehead atoms. The number of aliphatic carboxylic acids is 2. The number of nitrogens with zero attached hydrogens (tertiary/aromatic N) is 1. The molecule has 0 saturated carbocycles. The van der Waals surface area contributed by atoms with Crippen LogP contribution in [0.5, 0.6) is 0 Å². The molecule has 1 saturated heterocycles. The molecule has 1 aromatic carbocycles. The van der Waals surface area contributed by atoms with E-state index in [9.17, 15) is 37.8 Å². The maximum Gasteiger partial charge on any atom is 0.416 e. The molecule has 1 aliphatic heterocycles. The first-order valence-electron chi connectivity index (χ1n) is 9.88. The molecule has 32 heavy (non-hydrogen) atoms. The van der Waals surface area contributed by atoms with Gasteiger partial charge >= 0.3 is 18.1 Å². The Morgan fingerprint density at radius 2 is 1.91 bits per heavy atom. The third-order valence-corrected chi connectivity index (χ3v) is 6.17. The van der Waals surface area contributed by atoms with Crippen LogP contribution in [0.3, 0.4) is 0 Å². The Morgan fingerprint density at radius 3 is 2.50 bits per heavy atom. The Hall–Kier alpha value is -2.81. The number of halogens is 4. The number of carbonyl (C=O) groups is 3. The van der Waals surface area contributed by atoms with Crippen LogP contribution in [0.4, 0.5) is 13.2 Å². The molecule has 6 nitrogen and oxygen atoms in total. The van der Waals surface area contributed by atoms with Crippen LogP contribution in [0, 0.1) is 5.41 Å². The average molecular weight is 472 g/mol. The van der Waals surface area contributed by atoms with E-state index in [0.717, 1.165) is 6.07 Å². The maximum absolute atomic E-state index is 13.5. The Balaban J connectivity index is 1.91. The van der Waals surface area contributed by atoms with Crippen LogP contribution in [0.2, 0.25) is 5.02 Å². The maximum atomic E-state index is 13.5. The molecule has 172 valence electrons. The van der Waals surface area contributed by atoms with Crippen molar-refractivity contribution in [3.8, 4) is 0 Å². The van der Waals surface area contributed by atoms with Crippen LogP contribution in [0.25, 0.3) is 0 Å². The van der Waals surface area contributed by atoms with Gasteiger partial charge in [-0.3, -0.25) is 9.59 Å². The van der Waals surface area contributed by atoms with Gasteiger partial charge in [0.1, 0.15) is 0 Å². The summed E-state index contributed by atoms with van der Waals surface area (Å²) in [5.74, 6) is -3.87. The predicted octanol–water partition coefficient (Wildman–Crippen LogP) is 4.50. The zero-order chi connectivity index (χ0) is 23.8. The van der Waals surface area contributed by atoms with Crippen LogP contribution < -0.4 is 0 Å². The summed E-state index contributed by atoms with van der Waals surface area (Å²) in [5.41, 5.74) is -2.77. The van der Waals surface area contributed by atoms with Crippen LogP contribution in [0.1, 0.15) is 43.2 Å². The van der Waals surface area contributed by atoms with E-state index in [4.69, 9.17) is 11.6 Å². The Morgan fingerprint density at radius 1 is 1.22 bits per heavy atom. The van der Waals surface area contributed by atoms with Crippen molar-refractivity contribution < 1.29 is 37.8 Å². The van der Waals surface area contributed by atoms with Crippen molar-refractivity contribution >= 4 is 29.4 Å². The minimum absolute atomic E-state index is 0.0238. The molecule has 1 heterocycles. The number of carboxylic acid groups (broad SMARTS) is 2. The van der Waals surface area contributed by atoms with Gasteiger partial charge in [0, 0.05) is 29.6 Å². The summed E-state index contributed by atoms with van der Waals surface area (Å²) in [5, 5.41) is 18.9. The summed E-state index contributed by atoms with van der Waals surface area (Å²) in [6.07, 6.45) is -1.66. The minimum atomic E-state index is -4.61. The van der Waals surface area contributed by atoms with E-state index < -0.39 is 40.9 Å². The van der Waals surface area contributed by atoms with Crippen molar-refractivity contribution in [1.82, 2.24) is 4.90 Å². The van der Waals surface area contributed by atoms with Gasteiger partial charge < -0.3 is 15.1 Å². The number of hydrogen-bond acceptors (Lipinski definition) is 3. The first kappa shape index (κ1) is 23.8. The summed E-state index contributed by atoms with van der Waals surface area (Å²) in [6, 6.07) is 3.54. The van der Waals surface area contributed by atoms with Gasteiger partial charge in [0.05, 0.1) is 16.6 Å². The average Bonchev–Trinajstić information content (AvgIpc) is 2.72. The third-order valence-electron chi connectivity index (χ3n) is 5.93. The molecular weight excluding hydrogens is 451 g/mol. The van der Waals surface area contributed by atoms with E-state index in [2.05, 4.69) is 0 Å². The highest BCUT2D eigenvalue weighted by atomic mass is 35.5. The van der Waals surface area contributed by atoms with Crippen LogP contribution in [-0.2, 0) is 20.6 Å². The summed E-state index contributed by atoms with van der Waals surface area (Å²) < 4.78 is 40.6. The van der Waals surface area contributed by atoms with Crippen molar-refractivity contribution in [3.05, 3.63) is 57.6 Å². The molecule has 1 aromatic rings. The molecule has 0 spiro atoms. The number of hydrogen-bond donors (Lipinski definition) is 2. The fourth-order valence-electron chi connectivity index (χ4n) is 4.14. The second-order valence-corrected chi connectivity index (χ2v) is 8.69. The molecular formula is C22H21ClF3NO5. The fraction of sp³-hybridized carbons (Fsp3) is 0.409. The molecule has 0 aromatic heterocycles. The number of likely N-dealkylation sites (tertiary alicyclic amines) is 1. The summed E-state index contributed by atoms with van der Waals surface area (Å²) >= 11 is 5.76. The Kier molecular flexibility index (Phi) is 6.42. The van der Waals surface area contributed by atoms with Gasteiger partial charge in [-0.1, -0.05) is 29.8 Å². The molecule has 2 N–H and O–H groups in total. The van der Waals surface area contributed by atoms with Crippen molar-refractivity contribution in [2.75, 3.05) is 13.1 Å². The quantitative estimate of drug-likeness (QED) is 0.674. The van der Waals surface area contributed by atoms with E-state index in [0.29, 0.717) is 12.8 Å². The molecule has 1 fully saturated rings. The highest BCUT2D eigenvalue weighted by molar-refractivity contribution is 6.30.